The average Bonchev–Trinajstić information content (AvgIpc) is 2.65. The van der Waals surface area contributed by atoms with Gasteiger partial charge in [-0.3, -0.25) is 0 Å². The van der Waals surface area contributed by atoms with Crippen LogP contribution in [0.15, 0.2) is 72.8 Å². The molecule has 0 aliphatic rings. The lowest BCUT2D eigenvalue weighted by atomic mass is 9.67. The van der Waals surface area contributed by atoms with Crippen LogP contribution < -0.4 is 10.9 Å². The summed E-state index contributed by atoms with van der Waals surface area (Å²) in [5, 5.41) is 42.4. The van der Waals surface area contributed by atoms with Crippen molar-refractivity contribution in [1.29, 1.82) is 0 Å². The molecule has 0 unspecified atom stereocenters. The maximum atomic E-state index is 10.0. The molecule has 0 bridgehead atoms. The van der Waals surface area contributed by atoms with Crippen LogP contribution in [0.2, 0.25) is 0 Å². The van der Waals surface area contributed by atoms with Crippen LogP contribution in [0.1, 0.15) is 0 Å². The second kappa shape index (κ2) is 6.59. The van der Waals surface area contributed by atoms with Crippen LogP contribution in [0.3, 0.4) is 0 Å². The van der Waals surface area contributed by atoms with Gasteiger partial charge in [0.2, 0.25) is 0 Å². The minimum absolute atomic E-state index is 0.359. The molecule has 0 heterocycles. The molecular weight excluding hydrogens is 326 g/mol. The lowest BCUT2D eigenvalue weighted by Gasteiger charge is -2.17. The molecule has 0 amide bonds. The Hall–Kier alpha value is -2.63. The Kier molecular flexibility index (Phi) is 4.26. The summed E-state index contributed by atoms with van der Waals surface area (Å²) in [7, 11) is -3.35. The molecule has 4 N–H and O–H groups in total. The zero-order valence-corrected chi connectivity index (χ0v) is 13.9. The van der Waals surface area contributed by atoms with Gasteiger partial charge in [-0.2, -0.15) is 0 Å². The van der Waals surface area contributed by atoms with Crippen LogP contribution >= 0.6 is 0 Å². The van der Waals surface area contributed by atoms with Crippen LogP contribution in [-0.2, 0) is 0 Å². The van der Waals surface area contributed by atoms with E-state index in [1.54, 1.807) is 30.3 Å². The monoisotopic (exact) mass is 342 g/mol. The normalized spacial score (nSPS) is 11.1. The number of fused-ring (bicyclic) bond motifs is 2. The van der Waals surface area contributed by atoms with Gasteiger partial charge in [-0.1, -0.05) is 66.7 Å². The molecule has 26 heavy (non-hydrogen) atoms. The van der Waals surface area contributed by atoms with E-state index < -0.39 is 14.2 Å². The molecule has 0 atom stereocenters. The minimum Gasteiger partial charge on any atom is -0.423 e. The molecule has 0 aromatic heterocycles. The van der Waals surface area contributed by atoms with Gasteiger partial charge in [0.1, 0.15) is 0 Å². The van der Waals surface area contributed by atoms with E-state index in [0.29, 0.717) is 32.5 Å². The molecule has 0 fully saturated rings. The molecule has 0 saturated carbocycles. The third kappa shape index (κ3) is 2.69. The fourth-order valence-electron chi connectivity index (χ4n) is 3.61. The van der Waals surface area contributed by atoms with E-state index >= 15 is 0 Å². The Balaban J connectivity index is 2.16. The summed E-state index contributed by atoms with van der Waals surface area (Å²) in [4.78, 5) is 0. The fourth-order valence-corrected chi connectivity index (χ4v) is 3.61. The standard InChI is InChI=1S/C20H16B2O4/c23-21(24)19-15-8-4-5-9-16(15)20(22(25)26)18-12-14(10-11-17(18)19)13-6-2-1-3-7-13/h1-12,23-26H. The summed E-state index contributed by atoms with van der Waals surface area (Å²) in [5.41, 5.74) is 2.62. The molecule has 6 heteroatoms. The summed E-state index contributed by atoms with van der Waals surface area (Å²) < 4.78 is 0. The van der Waals surface area contributed by atoms with E-state index in [-0.39, 0.29) is 0 Å². The van der Waals surface area contributed by atoms with Gasteiger partial charge >= 0.3 is 14.2 Å². The average molecular weight is 342 g/mol. The van der Waals surface area contributed by atoms with E-state index in [9.17, 15) is 20.1 Å². The largest absolute Gasteiger partial charge is 0.489 e. The quantitative estimate of drug-likeness (QED) is 0.331. The number of hydrogen-bond donors (Lipinski definition) is 4. The van der Waals surface area contributed by atoms with E-state index in [1.165, 1.54) is 0 Å². The maximum absolute atomic E-state index is 10.0. The fraction of sp³-hybridized carbons (Fsp3) is 0. The predicted octanol–water partition coefficient (Wildman–Crippen LogP) is 1.02. The number of benzene rings is 4. The first-order valence-electron chi connectivity index (χ1n) is 8.34. The Bertz CT molecular complexity index is 1100. The van der Waals surface area contributed by atoms with Crippen LogP contribution in [0.25, 0.3) is 32.7 Å². The van der Waals surface area contributed by atoms with Crippen molar-refractivity contribution in [3.05, 3.63) is 72.8 Å². The van der Waals surface area contributed by atoms with Gasteiger partial charge in [0, 0.05) is 0 Å². The molecule has 4 rings (SSSR count). The second-order valence-electron chi connectivity index (χ2n) is 6.25. The smallest absolute Gasteiger partial charge is 0.423 e. The molecule has 0 radical (unpaired) electrons. The lowest BCUT2D eigenvalue weighted by molar-refractivity contribution is 0.425. The lowest BCUT2D eigenvalue weighted by Crippen LogP contribution is -2.37. The Labute approximate surface area is 151 Å². The van der Waals surface area contributed by atoms with Crippen molar-refractivity contribution in [3.8, 4) is 11.1 Å². The van der Waals surface area contributed by atoms with Crippen LogP contribution in [0.4, 0.5) is 0 Å². The van der Waals surface area contributed by atoms with Crippen molar-refractivity contribution in [2.24, 2.45) is 0 Å². The molecule has 4 aromatic carbocycles. The maximum Gasteiger partial charge on any atom is 0.489 e. The zero-order valence-electron chi connectivity index (χ0n) is 13.9. The van der Waals surface area contributed by atoms with Crippen LogP contribution in [0, 0.1) is 0 Å². The number of rotatable bonds is 3. The van der Waals surface area contributed by atoms with Crippen molar-refractivity contribution in [3.63, 3.8) is 0 Å². The molecule has 0 aliphatic carbocycles. The van der Waals surface area contributed by atoms with Crippen LogP contribution in [-0.4, -0.2) is 34.3 Å². The summed E-state index contributed by atoms with van der Waals surface area (Å²) in [6.45, 7) is 0. The van der Waals surface area contributed by atoms with Gasteiger partial charge in [0.15, 0.2) is 0 Å². The molecule has 4 aromatic rings. The predicted molar refractivity (Wildman–Crippen MR) is 107 cm³/mol. The first-order chi connectivity index (χ1) is 12.6. The summed E-state index contributed by atoms with van der Waals surface area (Å²) >= 11 is 0. The van der Waals surface area contributed by atoms with Gasteiger partial charge in [-0.15, -0.1) is 0 Å². The van der Waals surface area contributed by atoms with Crippen molar-refractivity contribution in [2.45, 2.75) is 0 Å². The van der Waals surface area contributed by atoms with Crippen molar-refractivity contribution in [2.75, 3.05) is 0 Å². The van der Waals surface area contributed by atoms with E-state index in [4.69, 9.17) is 0 Å². The van der Waals surface area contributed by atoms with Crippen molar-refractivity contribution in [1.82, 2.24) is 0 Å². The molecule has 0 aliphatic heterocycles. The summed E-state index contributed by atoms with van der Waals surface area (Å²) in [5.74, 6) is 0. The number of hydrogen-bond acceptors (Lipinski definition) is 4. The van der Waals surface area contributed by atoms with Crippen LogP contribution in [0.5, 0.6) is 0 Å². The highest BCUT2D eigenvalue weighted by atomic mass is 16.4. The van der Waals surface area contributed by atoms with Crippen molar-refractivity contribution < 1.29 is 20.1 Å². The minimum atomic E-state index is -1.68. The Morgan fingerprint density at radius 2 is 0.962 bits per heavy atom. The highest BCUT2D eigenvalue weighted by Crippen LogP contribution is 2.26. The van der Waals surface area contributed by atoms with Gasteiger partial charge in [0.05, 0.1) is 0 Å². The first-order valence-corrected chi connectivity index (χ1v) is 8.34. The summed E-state index contributed by atoms with van der Waals surface area (Å²) in [6, 6.07) is 22.4. The third-order valence-corrected chi connectivity index (χ3v) is 4.73. The first kappa shape index (κ1) is 16.8. The van der Waals surface area contributed by atoms with Gasteiger partial charge in [-0.25, -0.2) is 0 Å². The molecule has 0 spiro atoms. The van der Waals surface area contributed by atoms with Gasteiger partial charge in [0.25, 0.3) is 0 Å². The van der Waals surface area contributed by atoms with E-state index in [0.717, 1.165) is 11.1 Å². The van der Waals surface area contributed by atoms with Gasteiger partial charge in [-0.05, 0) is 49.7 Å². The third-order valence-electron chi connectivity index (χ3n) is 4.73. The SMILES string of the molecule is OB(O)c1c2ccccc2c(B(O)O)c2cc(-c3ccccc3)ccc12. The molecular formula is C20H16B2O4. The second-order valence-corrected chi connectivity index (χ2v) is 6.25. The zero-order chi connectivity index (χ0) is 18.3. The molecule has 0 saturated heterocycles. The highest BCUT2D eigenvalue weighted by molar-refractivity contribution is 6.71. The highest BCUT2D eigenvalue weighted by Gasteiger charge is 2.26. The Morgan fingerprint density at radius 3 is 1.54 bits per heavy atom. The van der Waals surface area contributed by atoms with Crippen molar-refractivity contribution >= 4 is 46.7 Å². The van der Waals surface area contributed by atoms with E-state index in [2.05, 4.69) is 0 Å². The Morgan fingerprint density at radius 1 is 0.462 bits per heavy atom. The van der Waals surface area contributed by atoms with Gasteiger partial charge < -0.3 is 20.1 Å². The molecule has 4 nitrogen and oxygen atoms in total. The molecule has 126 valence electrons. The topological polar surface area (TPSA) is 80.9 Å². The van der Waals surface area contributed by atoms with E-state index in [1.807, 2.05) is 42.5 Å². The summed E-state index contributed by atoms with van der Waals surface area (Å²) in [6.07, 6.45) is 0.